The maximum Gasteiger partial charge on any atom is 0.349 e. The van der Waals surface area contributed by atoms with Gasteiger partial charge in [-0.15, -0.1) is 0 Å². The number of methoxy groups -OCH3 is 2. The van der Waals surface area contributed by atoms with E-state index in [9.17, 15) is 9.59 Å². The lowest BCUT2D eigenvalue weighted by Gasteiger charge is -2.13. The van der Waals surface area contributed by atoms with E-state index in [2.05, 4.69) is 5.32 Å². The molecule has 1 amide bonds. The molecule has 0 fully saturated rings. The Balaban J connectivity index is 1.98. The van der Waals surface area contributed by atoms with Crippen molar-refractivity contribution in [2.24, 2.45) is 0 Å². The van der Waals surface area contributed by atoms with Crippen LogP contribution in [0.5, 0.6) is 11.5 Å². The zero-order valence-electron chi connectivity index (χ0n) is 14.1. The minimum absolute atomic E-state index is 0.0621. The highest BCUT2D eigenvalue weighted by atomic mass is 16.5. The van der Waals surface area contributed by atoms with Crippen LogP contribution in [0.4, 0.5) is 5.69 Å². The fourth-order valence-electron chi connectivity index (χ4n) is 2.53. The Morgan fingerprint density at radius 3 is 2.44 bits per heavy atom. The molecule has 0 aliphatic carbocycles. The maximum absolute atomic E-state index is 12.5. The lowest BCUT2D eigenvalue weighted by Crippen LogP contribution is -2.21. The molecular formula is C19H17NO5. The van der Waals surface area contributed by atoms with Gasteiger partial charge in [0.2, 0.25) is 0 Å². The first-order valence-corrected chi connectivity index (χ1v) is 7.60. The molecule has 0 saturated carbocycles. The van der Waals surface area contributed by atoms with Crippen molar-refractivity contribution in [3.63, 3.8) is 0 Å². The Morgan fingerprint density at radius 2 is 1.72 bits per heavy atom. The summed E-state index contributed by atoms with van der Waals surface area (Å²) < 4.78 is 15.7. The molecule has 0 radical (unpaired) electrons. The van der Waals surface area contributed by atoms with E-state index in [1.165, 1.54) is 20.3 Å². The monoisotopic (exact) mass is 339 g/mol. The third kappa shape index (κ3) is 3.19. The van der Waals surface area contributed by atoms with Crippen LogP contribution in [0.1, 0.15) is 15.9 Å². The number of ether oxygens (including phenoxy) is 2. The van der Waals surface area contributed by atoms with E-state index in [0.717, 1.165) is 5.56 Å². The van der Waals surface area contributed by atoms with Crippen LogP contribution in [0.2, 0.25) is 0 Å². The number of carbonyl (C=O) groups is 1. The van der Waals surface area contributed by atoms with Crippen LogP contribution >= 0.6 is 0 Å². The number of carbonyl (C=O) groups excluding carboxylic acids is 1. The molecule has 128 valence electrons. The first kappa shape index (κ1) is 16.6. The molecular weight excluding hydrogens is 322 g/mol. The Labute approximate surface area is 144 Å². The van der Waals surface area contributed by atoms with Gasteiger partial charge in [0.05, 0.1) is 14.2 Å². The number of rotatable bonds is 4. The fourth-order valence-corrected chi connectivity index (χ4v) is 2.53. The molecule has 3 aromatic rings. The van der Waals surface area contributed by atoms with Gasteiger partial charge in [-0.2, -0.15) is 0 Å². The average molecular weight is 339 g/mol. The molecule has 1 aromatic heterocycles. The van der Waals surface area contributed by atoms with E-state index in [-0.39, 0.29) is 5.56 Å². The van der Waals surface area contributed by atoms with Crippen molar-refractivity contribution in [1.29, 1.82) is 0 Å². The molecule has 2 aromatic carbocycles. The Morgan fingerprint density at radius 1 is 1.04 bits per heavy atom. The predicted molar refractivity (Wildman–Crippen MR) is 94.7 cm³/mol. The van der Waals surface area contributed by atoms with Crippen molar-refractivity contribution in [3.8, 4) is 11.5 Å². The fraction of sp³-hybridized carbons (Fsp3) is 0.158. The lowest BCUT2D eigenvalue weighted by molar-refractivity contribution is 0.102. The summed E-state index contributed by atoms with van der Waals surface area (Å²) in [6.45, 7) is 1.82. The van der Waals surface area contributed by atoms with Gasteiger partial charge in [-0.05, 0) is 30.7 Å². The molecule has 0 aliphatic rings. The quantitative estimate of drug-likeness (QED) is 0.737. The number of aryl methyl sites for hydroxylation is 1. The summed E-state index contributed by atoms with van der Waals surface area (Å²) in [7, 11) is 3.05. The van der Waals surface area contributed by atoms with Gasteiger partial charge >= 0.3 is 5.63 Å². The second-order valence-electron chi connectivity index (χ2n) is 5.46. The summed E-state index contributed by atoms with van der Waals surface area (Å²) >= 11 is 0. The Bertz CT molecular complexity index is 1010. The highest BCUT2D eigenvalue weighted by Gasteiger charge is 2.16. The number of benzene rings is 2. The third-order valence-corrected chi connectivity index (χ3v) is 3.86. The zero-order chi connectivity index (χ0) is 18.0. The van der Waals surface area contributed by atoms with Gasteiger partial charge in [0, 0.05) is 17.1 Å². The minimum Gasteiger partial charge on any atom is -0.493 e. The van der Waals surface area contributed by atoms with Gasteiger partial charge in [-0.25, -0.2) is 4.79 Å². The molecule has 0 aliphatic heterocycles. The smallest absolute Gasteiger partial charge is 0.349 e. The Hall–Kier alpha value is -3.28. The van der Waals surface area contributed by atoms with E-state index in [4.69, 9.17) is 13.9 Å². The van der Waals surface area contributed by atoms with Crippen LogP contribution < -0.4 is 20.4 Å². The van der Waals surface area contributed by atoms with Gasteiger partial charge in [-0.1, -0.05) is 18.2 Å². The molecule has 0 unspecified atom stereocenters. The first-order chi connectivity index (χ1) is 12.0. The van der Waals surface area contributed by atoms with Crippen molar-refractivity contribution in [3.05, 3.63) is 64.0 Å². The minimum atomic E-state index is -0.686. The number of fused-ring (bicyclic) bond motifs is 1. The molecule has 3 rings (SSSR count). The van der Waals surface area contributed by atoms with Gasteiger partial charge in [0.1, 0.15) is 11.1 Å². The Kier molecular flexibility index (Phi) is 4.43. The number of hydrogen-bond donors (Lipinski definition) is 1. The molecule has 6 nitrogen and oxygen atoms in total. The molecule has 0 atom stereocenters. The average Bonchev–Trinajstić information content (AvgIpc) is 2.62. The van der Waals surface area contributed by atoms with E-state index >= 15 is 0 Å². The maximum atomic E-state index is 12.5. The summed E-state index contributed by atoms with van der Waals surface area (Å²) in [6, 6.07) is 11.9. The molecule has 25 heavy (non-hydrogen) atoms. The van der Waals surface area contributed by atoms with E-state index in [1.54, 1.807) is 30.3 Å². The highest BCUT2D eigenvalue weighted by Crippen LogP contribution is 2.33. The number of hydrogen-bond acceptors (Lipinski definition) is 5. The molecule has 0 bridgehead atoms. The number of para-hydroxylation sites is 1. The van der Waals surface area contributed by atoms with Crippen molar-refractivity contribution in [2.75, 3.05) is 19.5 Å². The van der Waals surface area contributed by atoms with Crippen LogP contribution in [-0.2, 0) is 0 Å². The second-order valence-corrected chi connectivity index (χ2v) is 5.46. The van der Waals surface area contributed by atoms with E-state index in [1.807, 2.05) is 13.0 Å². The second kappa shape index (κ2) is 6.68. The highest BCUT2D eigenvalue weighted by molar-refractivity contribution is 6.05. The molecule has 1 heterocycles. The standard InChI is InChI=1S/C19H17NO5/c1-11-8-16(23-2)17(24-3)10-14(11)20-18(21)13-9-12-6-4-5-7-15(12)25-19(13)22/h4-10H,1-3H3,(H,20,21). The molecule has 1 N–H and O–H groups in total. The number of nitrogens with one attached hydrogen (secondary N) is 1. The normalized spacial score (nSPS) is 10.5. The number of anilines is 1. The first-order valence-electron chi connectivity index (χ1n) is 7.60. The van der Waals surface area contributed by atoms with E-state index < -0.39 is 11.5 Å². The largest absolute Gasteiger partial charge is 0.493 e. The topological polar surface area (TPSA) is 77.8 Å². The number of amides is 1. The third-order valence-electron chi connectivity index (χ3n) is 3.86. The summed E-state index contributed by atoms with van der Waals surface area (Å²) in [5, 5.41) is 3.40. The van der Waals surface area contributed by atoms with Gasteiger partial charge in [-0.3, -0.25) is 4.79 Å². The molecule has 0 spiro atoms. The van der Waals surface area contributed by atoms with Gasteiger partial charge < -0.3 is 19.2 Å². The van der Waals surface area contributed by atoms with Crippen molar-refractivity contribution < 1.29 is 18.7 Å². The van der Waals surface area contributed by atoms with Crippen molar-refractivity contribution in [1.82, 2.24) is 0 Å². The summed E-state index contributed by atoms with van der Waals surface area (Å²) in [5.74, 6) is 0.493. The predicted octanol–water partition coefficient (Wildman–Crippen LogP) is 3.37. The van der Waals surface area contributed by atoms with Gasteiger partial charge in [0.25, 0.3) is 5.91 Å². The van der Waals surface area contributed by atoms with Crippen molar-refractivity contribution in [2.45, 2.75) is 6.92 Å². The SMILES string of the molecule is COc1cc(C)c(NC(=O)c2cc3ccccc3oc2=O)cc1OC. The van der Waals surface area contributed by atoms with Crippen molar-refractivity contribution >= 4 is 22.6 Å². The summed E-state index contributed by atoms with van der Waals surface area (Å²) in [4.78, 5) is 24.6. The molecule has 0 saturated heterocycles. The van der Waals surface area contributed by atoms with Crippen LogP contribution in [0.3, 0.4) is 0 Å². The molecule has 6 heteroatoms. The van der Waals surface area contributed by atoms with E-state index in [0.29, 0.717) is 28.2 Å². The summed E-state index contributed by atoms with van der Waals surface area (Å²) in [6.07, 6.45) is 0. The van der Waals surface area contributed by atoms with Crippen LogP contribution in [0.15, 0.2) is 51.7 Å². The summed E-state index contributed by atoms with van der Waals surface area (Å²) in [5.41, 5.74) is 0.986. The lowest BCUT2D eigenvalue weighted by atomic mass is 10.1. The zero-order valence-corrected chi connectivity index (χ0v) is 14.1. The van der Waals surface area contributed by atoms with Gasteiger partial charge in [0.15, 0.2) is 11.5 Å². The van der Waals surface area contributed by atoms with Crippen LogP contribution in [0.25, 0.3) is 11.0 Å². The van der Waals surface area contributed by atoms with Crippen LogP contribution in [-0.4, -0.2) is 20.1 Å². The van der Waals surface area contributed by atoms with Crippen LogP contribution in [0, 0.1) is 6.92 Å².